The van der Waals surface area contributed by atoms with Gasteiger partial charge in [0.1, 0.15) is 0 Å². The molecule has 0 bridgehead atoms. The molecule has 0 aromatic carbocycles. The summed E-state index contributed by atoms with van der Waals surface area (Å²) in [6.07, 6.45) is -2.03. The average Bonchev–Trinajstić information content (AvgIpc) is 1.85. The maximum Gasteiger partial charge on any atom is 0.395 e. The molecule has 0 radical (unpaired) electrons. The van der Waals surface area contributed by atoms with Crippen LogP contribution in [0.5, 0.6) is 0 Å². The molecule has 4 heteroatoms. The van der Waals surface area contributed by atoms with Crippen LogP contribution in [0.25, 0.3) is 0 Å². The number of allylic oxidation sites excluding steroid dienone is 2. The van der Waals surface area contributed by atoms with Crippen molar-refractivity contribution in [2.75, 3.05) is 0 Å². The summed E-state index contributed by atoms with van der Waals surface area (Å²) >= 11 is 0. The summed E-state index contributed by atoms with van der Waals surface area (Å²) in [5.41, 5.74) is 4.87. The number of halogens is 3. The third-order valence-electron chi connectivity index (χ3n) is 1.36. The summed E-state index contributed by atoms with van der Waals surface area (Å²) in [5.74, 6) is -1.53. The van der Waals surface area contributed by atoms with Gasteiger partial charge in [-0.1, -0.05) is 6.58 Å². The smallest absolute Gasteiger partial charge is 0.395 e. The van der Waals surface area contributed by atoms with Gasteiger partial charge in [0.25, 0.3) is 0 Å². The number of hydrogen-bond acceptors (Lipinski definition) is 1. The first-order chi connectivity index (χ1) is 4.89. The van der Waals surface area contributed by atoms with Crippen LogP contribution >= 0.6 is 0 Å². The van der Waals surface area contributed by atoms with Gasteiger partial charge in [-0.2, -0.15) is 13.2 Å². The fourth-order valence-corrected chi connectivity index (χ4v) is 0.478. The second-order valence-electron chi connectivity index (χ2n) is 2.20. The lowest BCUT2D eigenvalue weighted by atomic mass is 10.0. The van der Waals surface area contributed by atoms with E-state index in [2.05, 4.69) is 6.58 Å². The lowest BCUT2D eigenvalue weighted by molar-refractivity contribution is -0.158. The van der Waals surface area contributed by atoms with Crippen LogP contribution in [-0.2, 0) is 0 Å². The third kappa shape index (κ3) is 3.11. The van der Waals surface area contributed by atoms with E-state index in [0.717, 1.165) is 19.2 Å². The Morgan fingerprint density at radius 2 is 2.00 bits per heavy atom. The highest BCUT2D eigenvalue weighted by Gasteiger charge is 2.36. The number of hydrogen-bond donors (Lipinski definition) is 1. The first-order valence-electron chi connectivity index (χ1n) is 3.03. The SMILES string of the molecule is C=C(/C=C\N)C(C)C(F)(F)F. The Morgan fingerprint density at radius 1 is 1.55 bits per heavy atom. The number of rotatable bonds is 2. The molecule has 1 nitrogen and oxygen atoms in total. The fourth-order valence-electron chi connectivity index (χ4n) is 0.478. The van der Waals surface area contributed by atoms with Crippen molar-refractivity contribution >= 4 is 0 Å². The third-order valence-corrected chi connectivity index (χ3v) is 1.36. The molecule has 0 saturated carbocycles. The summed E-state index contributed by atoms with van der Waals surface area (Å²) in [4.78, 5) is 0. The predicted octanol–water partition coefficient (Wildman–Crippen LogP) is 2.21. The molecular weight excluding hydrogens is 155 g/mol. The Balaban J connectivity index is 4.26. The zero-order valence-corrected chi connectivity index (χ0v) is 6.15. The zero-order chi connectivity index (χ0) is 9.07. The molecular formula is C7H10F3N. The van der Waals surface area contributed by atoms with E-state index in [1.165, 1.54) is 0 Å². The van der Waals surface area contributed by atoms with Crippen LogP contribution in [0.1, 0.15) is 6.92 Å². The predicted molar refractivity (Wildman–Crippen MR) is 37.7 cm³/mol. The van der Waals surface area contributed by atoms with E-state index >= 15 is 0 Å². The normalized spacial score (nSPS) is 15.3. The fraction of sp³-hybridized carbons (Fsp3) is 0.429. The maximum atomic E-state index is 11.9. The Labute approximate surface area is 63.4 Å². The van der Waals surface area contributed by atoms with E-state index < -0.39 is 12.1 Å². The molecule has 1 unspecified atom stereocenters. The molecule has 1 atom stereocenters. The van der Waals surface area contributed by atoms with E-state index in [9.17, 15) is 13.2 Å². The van der Waals surface area contributed by atoms with Crippen LogP contribution in [0.2, 0.25) is 0 Å². The van der Waals surface area contributed by atoms with Crippen molar-refractivity contribution in [2.45, 2.75) is 13.1 Å². The molecule has 11 heavy (non-hydrogen) atoms. The van der Waals surface area contributed by atoms with Crippen molar-refractivity contribution in [3.05, 3.63) is 24.4 Å². The minimum Gasteiger partial charge on any atom is -0.405 e. The second-order valence-corrected chi connectivity index (χ2v) is 2.20. The number of alkyl halides is 3. The lowest BCUT2D eigenvalue weighted by Gasteiger charge is -2.15. The first kappa shape index (κ1) is 10.1. The highest BCUT2D eigenvalue weighted by atomic mass is 19.4. The average molecular weight is 165 g/mol. The molecule has 0 rings (SSSR count). The van der Waals surface area contributed by atoms with Gasteiger partial charge in [-0.25, -0.2) is 0 Å². The highest BCUT2D eigenvalue weighted by Crippen LogP contribution is 2.30. The van der Waals surface area contributed by atoms with Crippen LogP contribution in [0.3, 0.4) is 0 Å². The molecule has 0 aliphatic heterocycles. The van der Waals surface area contributed by atoms with Crippen LogP contribution in [0.15, 0.2) is 24.4 Å². The van der Waals surface area contributed by atoms with Gasteiger partial charge in [-0.05, 0) is 24.8 Å². The lowest BCUT2D eigenvalue weighted by Crippen LogP contribution is -2.20. The summed E-state index contributed by atoms with van der Waals surface area (Å²) in [6, 6.07) is 0. The monoisotopic (exact) mass is 165 g/mol. The van der Waals surface area contributed by atoms with Crippen LogP contribution in [-0.4, -0.2) is 6.18 Å². The maximum absolute atomic E-state index is 11.9. The largest absolute Gasteiger partial charge is 0.405 e. The minimum atomic E-state index is -4.23. The molecule has 0 saturated heterocycles. The highest BCUT2D eigenvalue weighted by molar-refractivity contribution is 5.17. The van der Waals surface area contributed by atoms with Gasteiger partial charge in [0.05, 0.1) is 5.92 Å². The Hall–Kier alpha value is -0.930. The van der Waals surface area contributed by atoms with E-state index in [1.807, 2.05) is 0 Å². The summed E-state index contributed by atoms with van der Waals surface area (Å²) < 4.78 is 35.7. The summed E-state index contributed by atoms with van der Waals surface area (Å²) in [6.45, 7) is 4.27. The molecule has 0 heterocycles. The van der Waals surface area contributed by atoms with Crippen molar-refractivity contribution in [2.24, 2.45) is 11.7 Å². The van der Waals surface area contributed by atoms with Gasteiger partial charge < -0.3 is 5.73 Å². The molecule has 2 N–H and O–H groups in total. The van der Waals surface area contributed by atoms with Gasteiger partial charge in [0.15, 0.2) is 0 Å². The van der Waals surface area contributed by atoms with Gasteiger partial charge in [0.2, 0.25) is 0 Å². The van der Waals surface area contributed by atoms with Gasteiger partial charge in [-0.3, -0.25) is 0 Å². The summed E-state index contributed by atoms with van der Waals surface area (Å²) in [5, 5.41) is 0. The Morgan fingerprint density at radius 3 is 2.27 bits per heavy atom. The van der Waals surface area contributed by atoms with Gasteiger partial charge in [0, 0.05) is 0 Å². The Kier molecular flexibility index (Phi) is 3.17. The molecule has 0 spiro atoms. The van der Waals surface area contributed by atoms with Gasteiger partial charge >= 0.3 is 6.18 Å². The Bertz CT molecular complexity index is 169. The molecule has 0 aromatic rings. The molecule has 0 aliphatic carbocycles. The van der Waals surface area contributed by atoms with Crippen molar-refractivity contribution in [3.8, 4) is 0 Å². The number of nitrogens with two attached hydrogens (primary N) is 1. The molecule has 64 valence electrons. The van der Waals surface area contributed by atoms with Crippen molar-refractivity contribution in [1.29, 1.82) is 0 Å². The van der Waals surface area contributed by atoms with E-state index in [4.69, 9.17) is 5.73 Å². The molecule has 0 aromatic heterocycles. The first-order valence-corrected chi connectivity index (χ1v) is 3.03. The van der Waals surface area contributed by atoms with Crippen molar-refractivity contribution in [1.82, 2.24) is 0 Å². The van der Waals surface area contributed by atoms with E-state index in [1.54, 1.807) is 0 Å². The molecule has 0 aliphatic rings. The molecule has 0 amide bonds. The zero-order valence-electron chi connectivity index (χ0n) is 6.15. The van der Waals surface area contributed by atoms with Crippen LogP contribution in [0, 0.1) is 5.92 Å². The quantitative estimate of drug-likeness (QED) is 0.624. The second kappa shape index (κ2) is 3.46. The van der Waals surface area contributed by atoms with Crippen LogP contribution in [0.4, 0.5) is 13.2 Å². The van der Waals surface area contributed by atoms with E-state index in [0.29, 0.717) is 0 Å². The van der Waals surface area contributed by atoms with Crippen molar-refractivity contribution in [3.63, 3.8) is 0 Å². The topological polar surface area (TPSA) is 26.0 Å². The van der Waals surface area contributed by atoms with Crippen LogP contribution < -0.4 is 5.73 Å². The molecule has 0 fully saturated rings. The van der Waals surface area contributed by atoms with E-state index in [-0.39, 0.29) is 5.57 Å². The minimum absolute atomic E-state index is 0.0278. The summed E-state index contributed by atoms with van der Waals surface area (Å²) in [7, 11) is 0. The van der Waals surface area contributed by atoms with Gasteiger partial charge in [-0.15, -0.1) is 0 Å². The standard InChI is InChI=1S/C7H10F3N/c1-5(3-4-11)6(2)7(8,9)10/h3-4,6H,1,11H2,2H3/b4-3-. The van der Waals surface area contributed by atoms with Crippen molar-refractivity contribution < 1.29 is 13.2 Å².